The maximum absolute atomic E-state index is 13.0. The van der Waals surface area contributed by atoms with E-state index in [0.29, 0.717) is 28.0 Å². The highest BCUT2D eigenvalue weighted by atomic mass is 16.5. The lowest BCUT2D eigenvalue weighted by molar-refractivity contribution is 0.0600. The van der Waals surface area contributed by atoms with E-state index < -0.39 is 11.9 Å². The zero-order valence-corrected chi connectivity index (χ0v) is 17.0. The molecule has 0 aliphatic heterocycles. The first-order valence-corrected chi connectivity index (χ1v) is 9.61. The summed E-state index contributed by atoms with van der Waals surface area (Å²) in [7, 11) is 1.29. The van der Waals surface area contributed by atoms with Crippen LogP contribution in [-0.4, -0.2) is 19.0 Å². The van der Waals surface area contributed by atoms with Crippen LogP contribution in [-0.2, 0) is 4.74 Å². The Bertz CT molecular complexity index is 1360. The van der Waals surface area contributed by atoms with Crippen molar-refractivity contribution in [3.63, 3.8) is 0 Å². The predicted molar refractivity (Wildman–Crippen MR) is 118 cm³/mol. The number of anilines is 1. The molecule has 1 aromatic heterocycles. The van der Waals surface area contributed by atoms with Gasteiger partial charge in [-0.3, -0.25) is 9.59 Å². The number of carbonyl (C=O) groups excluding carboxylic acids is 2. The van der Waals surface area contributed by atoms with Gasteiger partial charge in [-0.2, -0.15) is 0 Å². The Morgan fingerprint density at radius 1 is 0.935 bits per heavy atom. The Balaban J connectivity index is 1.79. The van der Waals surface area contributed by atoms with E-state index in [2.05, 4.69) is 5.32 Å². The first-order chi connectivity index (χ1) is 15.0. The summed E-state index contributed by atoms with van der Waals surface area (Å²) in [5.74, 6) is -0.542. The molecule has 0 bridgehead atoms. The summed E-state index contributed by atoms with van der Waals surface area (Å²) < 4.78 is 10.8. The minimum atomic E-state index is -0.504. The highest BCUT2D eigenvalue weighted by Crippen LogP contribution is 2.27. The number of carbonyl (C=O) groups is 2. The highest BCUT2D eigenvalue weighted by Gasteiger charge is 2.19. The Morgan fingerprint density at radius 2 is 1.68 bits per heavy atom. The fourth-order valence-corrected chi connectivity index (χ4v) is 3.39. The topological polar surface area (TPSA) is 85.6 Å². The molecule has 0 saturated carbocycles. The quantitative estimate of drug-likeness (QED) is 0.486. The highest BCUT2D eigenvalue weighted by molar-refractivity contribution is 6.11. The second-order valence-electron chi connectivity index (χ2n) is 6.96. The molecule has 4 aromatic rings. The maximum atomic E-state index is 13.0. The van der Waals surface area contributed by atoms with Crippen LogP contribution < -0.4 is 10.7 Å². The lowest BCUT2D eigenvalue weighted by Crippen LogP contribution is -2.15. The monoisotopic (exact) mass is 413 g/mol. The standard InChI is InChI=1S/C25H19NO5/c1-15-21(27)19-12-7-13-20(23(19)31-22(15)16-8-4-3-5-9-16)24(28)26-18-11-6-10-17(14-18)25(29)30-2/h3-14H,1-2H3,(H,26,28). The third kappa shape index (κ3) is 3.83. The molecular weight excluding hydrogens is 394 g/mol. The van der Waals surface area contributed by atoms with E-state index in [0.717, 1.165) is 5.56 Å². The first-order valence-electron chi connectivity index (χ1n) is 9.61. The van der Waals surface area contributed by atoms with Crippen LogP contribution in [0.25, 0.3) is 22.3 Å². The maximum Gasteiger partial charge on any atom is 0.337 e. The smallest absolute Gasteiger partial charge is 0.337 e. The molecule has 31 heavy (non-hydrogen) atoms. The molecule has 0 fully saturated rings. The minimum Gasteiger partial charge on any atom is -0.465 e. The van der Waals surface area contributed by atoms with E-state index in [1.807, 2.05) is 30.3 Å². The summed E-state index contributed by atoms with van der Waals surface area (Å²) in [5, 5.41) is 3.08. The number of hydrogen-bond donors (Lipinski definition) is 1. The molecule has 0 radical (unpaired) electrons. The van der Waals surface area contributed by atoms with Crippen LogP contribution in [0.1, 0.15) is 26.3 Å². The van der Waals surface area contributed by atoms with E-state index in [1.54, 1.807) is 43.3 Å². The van der Waals surface area contributed by atoms with Crippen molar-refractivity contribution in [2.45, 2.75) is 6.92 Å². The number of rotatable bonds is 4. The SMILES string of the molecule is COC(=O)c1cccc(NC(=O)c2cccc3c(=O)c(C)c(-c4ccccc4)oc23)c1. The first kappa shape index (κ1) is 20.1. The van der Waals surface area contributed by atoms with Crippen molar-refractivity contribution in [1.29, 1.82) is 0 Å². The molecule has 0 saturated heterocycles. The van der Waals surface area contributed by atoms with Crippen molar-refractivity contribution in [3.8, 4) is 11.3 Å². The molecular formula is C25H19NO5. The number of fused-ring (bicyclic) bond motifs is 1. The Kier molecular flexibility index (Phi) is 5.37. The van der Waals surface area contributed by atoms with Crippen molar-refractivity contribution in [2.24, 2.45) is 0 Å². The molecule has 0 aliphatic rings. The van der Waals surface area contributed by atoms with E-state index in [9.17, 15) is 14.4 Å². The number of esters is 1. The van der Waals surface area contributed by atoms with Crippen LogP contribution in [0.5, 0.6) is 0 Å². The van der Waals surface area contributed by atoms with Crippen LogP contribution in [0.3, 0.4) is 0 Å². The van der Waals surface area contributed by atoms with Crippen LogP contribution >= 0.6 is 0 Å². The Morgan fingerprint density at radius 3 is 2.42 bits per heavy atom. The number of methoxy groups -OCH3 is 1. The zero-order chi connectivity index (χ0) is 22.0. The third-order valence-electron chi connectivity index (χ3n) is 4.97. The van der Waals surface area contributed by atoms with Gasteiger partial charge in [-0.15, -0.1) is 0 Å². The molecule has 6 nitrogen and oxygen atoms in total. The van der Waals surface area contributed by atoms with Crippen LogP contribution in [0.4, 0.5) is 5.69 Å². The summed E-state index contributed by atoms with van der Waals surface area (Å²) in [6.45, 7) is 1.71. The van der Waals surface area contributed by atoms with Gasteiger partial charge in [0.1, 0.15) is 5.76 Å². The number of para-hydroxylation sites is 1. The van der Waals surface area contributed by atoms with Gasteiger partial charge in [0.15, 0.2) is 11.0 Å². The number of amides is 1. The van der Waals surface area contributed by atoms with Gasteiger partial charge in [0.2, 0.25) is 0 Å². The molecule has 0 unspecified atom stereocenters. The second-order valence-corrected chi connectivity index (χ2v) is 6.96. The van der Waals surface area contributed by atoms with Gasteiger partial charge < -0.3 is 14.5 Å². The normalized spacial score (nSPS) is 10.6. The van der Waals surface area contributed by atoms with E-state index in [4.69, 9.17) is 9.15 Å². The van der Waals surface area contributed by atoms with Gasteiger partial charge >= 0.3 is 5.97 Å². The predicted octanol–water partition coefficient (Wildman–Crippen LogP) is 4.81. The fraction of sp³-hybridized carbons (Fsp3) is 0.0800. The van der Waals surface area contributed by atoms with Crippen molar-refractivity contribution in [2.75, 3.05) is 12.4 Å². The van der Waals surface area contributed by atoms with Gasteiger partial charge in [0.05, 0.1) is 23.6 Å². The molecule has 1 heterocycles. The van der Waals surface area contributed by atoms with Crippen LogP contribution in [0.15, 0.2) is 82.0 Å². The van der Waals surface area contributed by atoms with Crippen LogP contribution in [0.2, 0.25) is 0 Å². The summed E-state index contributed by atoms with van der Waals surface area (Å²) in [5.41, 5.74) is 2.19. The number of ether oxygens (including phenoxy) is 1. The van der Waals surface area contributed by atoms with Crippen LogP contribution in [0, 0.1) is 6.92 Å². The molecule has 0 aliphatic carbocycles. The lowest BCUT2D eigenvalue weighted by Gasteiger charge is -2.11. The van der Waals surface area contributed by atoms with Gasteiger partial charge in [0, 0.05) is 16.8 Å². The third-order valence-corrected chi connectivity index (χ3v) is 4.97. The fourth-order valence-electron chi connectivity index (χ4n) is 3.39. The number of hydrogen-bond acceptors (Lipinski definition) is 5. The van der Waals surface area contributed by atoms with Gasteiger partial charge in [-0.25, -0.2) is 4.79 Å². The molecule has 6 heteroatoms. The van der Waals surface area contributed by atoms with Gasteiger partial charge in [-0.05, 0) is 37.3 Å². The summed E-state index contributed by atoms with van der Waals surface area (Å²) in [6.07, 6.45) is 0. The average molecular weight is 413 g/mol. The lowest BCUT2D eigenvalue weighted by atomic mass is 10.0. The van der Waals surface area contributed by atoms with Gasteiger partial charge in [0.25, 0.3) is 5.91 Å². The molecule has 1 amide bonds. The Hall–Kier alpha value is -4.19. The van der Waals surface area contributed by atoms with Crippen molar-refractivity contribution in [3.05, 3.63) is 99.7 Å². The molecule has 154 valence electrons. The molecule has 1 N–H and O–H groups in total. The average Bonchev–Trinajstić information content (AvgIpc) is 2.81. The zero-order valence-electron chi connectivity index (χ0n) is 17.0. The number of nitrogens with one attached hydrogen (secondary N) is 1. The Labute approximate surface area is 178 Å². The summed E-state index contributed by atoms with van der Waals surface area (Å²) in [4.78, 5) is 37.8. The van der Waals surface area contributed by atoms with E-state index in [-0.39, 0.29) is 16.6 Å². The largest absolute Gasteiger partial charge is 0.465 e. The van der Waals surface area contributed by atoms with Crippen molar-refractivity contribution in [1.82, 2.24) is 0 Å². The van der Waals surface area contributed by atoms with E-state index in [1.165, 1.54) is 13.2 Å². The van der Waals surface area contributed by atoms with E-state index >= 15 is 0 Å². The number of benzene rings is 3. The molecule has 3 aromatic carbocycles. The molecule has 4 rings (SSSR count). The summed E-state index contributed by atoms with van der Waals surface area (Å²) in [6, 6.07) is 20.5. The van der Waals surface area contributed by atoms with Crippen molar-refractivity contribution < 1.29 is 18.7 Å². The van der Waals surface area contributed by atoms with Gasteiger partial charge in [-0.1, -0.05) is 42.5 Å². The summed E-state index contributed by atoms with van der Waals surface area (Å²) >= 11 is 0. The second kappa shape index (κ2) is 8.28. The molecule has 0 atom stereocenters. The van der Waals surface area contributed by atoms with Crippen molar-refractivity contribution >= 4 is 28.5 Å². The molecule has 0 spiro atoms. The minimum absolute atomic E-state index is 0.192.